The first-order chi connectivity index (χ1) is 9.02. The van der Waals surface area contributed by atoms with E-state index in [-0.39, 0.29) is 31.2 Å². The van der Waals surface area contributed by atoms with Crippen LogP contribution < -0.4 is 0 Å². The summed E-state index contributed by atoms with van der Waals surface area (Å²) in [7, 11) is 0. The minimum atomic E-state index is -1.06. The van der Waals surface area contributed by atoms with E-state index in [2.05, 4.69) is 6.58 Å². The van der Waals surface area contributed by atoms with Gasteiger partial charge in [-0.3, -0.25) is 9.59 Å². The molecule has 4 nitrogen and oxygen atoms in total. The summed E-state index contributed by atoms with van der Waals surface area (Å²) in [5.41, 5.74) is 0.837. The summed E-state index contributed by atoms with van der Waals surface area (Å²) in [6, 6.07) is 5.88. The number of carbonyl (C=O) groups is 2. The zero-order valence-electron chi connectivity index (χ0n) is 10.5. The second-order valence-electron chi connectivity index (χ2n) is 4.08. The van der Waals surface area contributed by atoms with Crippen molar-refractivity contribution in [1.82, 2.24) is 4.90 Å². The monoisotopic (exact) mass is 265 g/mol. The molecule has 1 aromatic rings. The topological polar surface area (TPSA) is 57.6 Å². The van der Waals surface area contributed by atoms with Crippen LogP contribution in [-0.2, 0) is 16.0 Å². The van der Waals surface area contributed by atoms with Crippen LogP contribution in [0.25, 0.3) is 0 Å². The first-order valence-corrected chi connectivity index (χ1v) is 5.88. The van der Waals surface area contributed by atoms with E-state index in [1.54, 1.807) is 12.1 Å². The Hall–Kier alpha value is -2.17. The Balaban J connectivity index is 2.54. The number of carboxylic acid groups (broad SMARTS) is 1. The zero-order chi connectivity index (χ0) is 14.3. The zero-order valence-corrected chi connectivity index (χ0v) is 10.5. The molecule has 0 bridgehead atoms. The normalized spacial score (nSPS) is 9.95. The fourth-order valence-electron chi connectivity index (χ4n) is 1.63. The molecule has 0 atom stereocenters. The molecule has 0 aromatic heterocycles. The molecule has 0 heterocycles. The summed E-state index contributed by atoms with van der Waals surface area (Å²) in [4.78, 5) is 23.7. The number of halogens is 1. The smallest absolute Gasteiger partial charge is 0.323 e. The molecule has 1 amide bonds. The van der Waals surface area contributed by atoms with Crippen molar-refractivity contribution in [2.24, 2.45) is 0 Å². The highest BCUT2D eigenvalue weighted by Crippen LogP contribution is 2.07. The first-order valence-electron chi connectivity index (χ1n) is 5.88. The van der Waals surface area contributed by atoms with Crippen LogP contribution in [0.15, 0.2) is 36.9 Å². The van der Waals surface area contributed by atoms with Gasteiger partial charge in [0.05, 0.1) is 0 Å². The highest BCUT2D eigenvalue weighted by molar-refractivity contribution is 5.81. The third-order valence-corrected chi connectivity index (χ3v) is 2.57. The molecule has 5 heteroatoms. The first kappa shape index (κ1) is 14.9. The number of nitrogens with zero attached hydrogens (tertiary/aromatic N) is 1. The molecule has 0 unspecified atom stereocenters. The molecule has 0 fully saturated rings. The van der Waals surface area contributed by atoms with Gasteiger partial charge in [-0.2, -0.15) is 0 Å². The SMILES string of the molecule is C=CCN(CC(=O)O)C(=O)CCc1ccc(F)cc1. The maximum atomic E-state index is 12.7. The molecular formula is C14H16FNO3. The highest BCUT2D eigenvalue weighted by atomic mass is 19.1. The average molecular weight is 265 g/mol. The van der Waals surface area contributed by atoms with Crippen molar-refractivity contribution >= 4 is 11.9 Å². The van der Waals surface area contributed by atoms with E-state index >= 15 is 0 Å². The van der Waals surface area contributed by atoms with Gasteiger partial charge in [0.15, 0.2) is 0 Å². The van der Waals surface area contributed by atoms with E-state index in [1.165, 1.54) is 23.1 Å². The summed E-state index contributed by atoms with van der Waals surface area (Å²) in [5, 5.41) is 8.71. The Labute approximate surface area is 111 Å². The number of aryl methyl sites for hydroxylation is 1. The molecule has 1 rings (SSSR count). The Kier molecular flexibility index (Phi) is 5.73. The quantitative estimate of drug-likeness (QED) is 0.765. The minimum absolute atomic E-state index is 0.187. The van der Waals surface area contributed by atoms with Crippen LogP contribution in [0.3, 0.4) is 0 Å². The van der Waals surface area contributed by atoms with Crippen LogP contribution >= 0.6 is 0 Å². The molecule has 0 radical (unpaired) electrons. The van der Waals surface area contributed by atoms with Crippen molar-refractivity contribution in [3.05, 3.63) is 48.3 Å². The lowest BCUT2D eigenvalue weighted by atomic mass is 10.1. The molecule has 19 heavy (non-hydrogen) atoms. The van der Waals surface area contributed by atoms with Crippen molar-refractivity contribution in [2.75, 3.05) is 13.1 Å². The molecule has 102 valence electrons. The van der Waals surface area contributed by atoms with Gasteiger partial charge in [-0.1, -0.05) is 18.2 Å². The summed E-state index contributed by atoms with van der Waals surface area (Å²) < 4.78 is 12.7. The van der Waals surface area contributed by atoms with Crippen LogP contribution in [0.4, 0.5) is 4.39 Å². The maximum Gasteiger partial charge on any atom is 0.323 e. The summed E-state index contributed by atoms with van der Waals surface area (Å²) in [6.45, 7) is 3.35. The van der Waals surface area contributed by atoms with Gasteiger partial charge >= 0.3 is 5.97 Å². The van der Waals surface area contributed by atoms with Crippen molar-refractivity contribution in [2.45, 2.75) is 12.8 Å². The lowest BCUT2D eigenvalue weighted by molar-refractivity contribution is -0.144. The van der Waals surface area contributed by atoms with Crippen LogP contribution in [0.1, 0.15) is 12.0 Å². The van der Waals surface area contributed by atoms with Gasteiger partial charge in [-0.05, 0) is 24.1 Å². The van der Waals surface area contributed by atoms with E-state index in [1.807, 2.05) is 0 Å². The fraction of sp³-hybridized carbons (Fsp3) is 0.286. The van der Waals surface area contributed by atoms with Crippen molar-refractivity contribution in [3.8, 4) is 0 Å². The highest BCUT2D eigenvalue weighted by Gasteiger charge is 2.15. The molecule has 0 spiro atoms. The molecule has 0 aliphatic rings. The average Bonchev–Trinajstić information content (AvgIpc) is 2.37. The van der Waals surface area contributed by atoms with E-state index in [9.17, 15) is 14.0 Å². The van der Waals surface area contributed by atoms with Crippen LogP contribution in [0, 0.1) is 5.82 Å². The predicted molar refractivity (Wildman–Crippen MR) is 69.1 cm³/mol. The Morgan fingerprint density at radius 3 is 2.47 bits per heavy atom. The predicted octanol–water partition coefficient (Wildman–Crippen LogP) is 1.86. The summed E-state index contributed by atoms with van der Waals surface area (Å²) in [5.74, 6) is -1.64. The largest absolute Gasteiger partial charge is 0.480 e. The van der Waals surface area contributed by atoms with Crippen molar-refractivity contribution < 1.29 is 19.1 Å². The summed E-state index contributed by atoms with van der Waals surface area (Å²) >= 11 is 0. The third-order valence-electron chi connectivity index (χ3n) is 2.57. The van der Waals surface area contributed by atoms with Crippen LogP contribution in [-0.4, -0.2) is 35.0 Å². The lowest BCUT2D eigenvalue weighted by Gasteiger charge is -2.18. The van der Waals surface area contributed by atoms with Gasteiger partial charge in [0, 0.05) is 13.0 Å². The fourth-order valence-corrected chi connectivity index (χ4v) is 1.63. The minimum Gasteiger partial charge on any atom is -0.480 e. The Morgan fingerprint density at radius 2 is 1.95 bits per heavy atom. The van der Waals surface area contributed by atoms with Gasteiger partial charge in [0.1, 0.15) is 12.4 Å². The molecule has 0 aliphatic heterocycles. The Morgan fingerprint density at radius 1 is 1.32 bits per heavy atom. The van der Waals surface area contributed by atoms with E-state index in [0.29, 0.717) is 6.42 Å². The molecule has 0 aliphatic carbocycles. The summed E-state index contributed by atoms with van der Waals surface area (Å²) in [6.07, 6.45) is 2.12. The van der Waals surface area contributed by atoms with Gasteiger partial charge in [-0.25, -0.2) is 4.39 Å². The second kappa shape index (κ2) is 7.31. The number of hydrogen-bond acceptors (Lipinski definition) is 2. The standard InChI is InChI=1S/C14H16FNO3/c1-2-9-16(10-14(18)19)13(17)8-5-11-3-6-12(15)7-4-11/h2-4,6-7H,1,5,8-10H2,(H,18,19). The number of hydrogen-bond donors (Lipinski definition) is 1. The second-order valence-corrected chi connectivity index (χ2v) is 4.08. The third kappa shape index (κ3) is 5.33. The van der Waals surface area contributed by atoms with Gasteiger partial charge in [0.25, 0.3) is 0 Å². The van der Waals surface area contributed by atoms with E-state index in [4.69, 9.17) is 5.11 Å². The lowest BCUT2D eigenvalue weighted by Crippen LogP contribution is -2.35. The molecule has 0 saturated carbocycles. The van der Waals surface area contributed by atoms with Crippen molar-refractivity contribution in [3.63, 3.8) is 0 Å². The van der Waals surface area contributed by atoms with E-state index in [0.717, 1.165) is 5.56 Å². The maximum absolute atomic E-state index is 12.7. The number of amides is 1. The molecular weight excluding hydrogens is 249 g/mol. The Bertz CT molecular complexity index is 456. The van der Waals surface area contributed by atoms with Crippen LogP contribution in [0.5, 0.6) is 0 Å². The van der Waals surface area contributed by atoms with Gasteiger partial charge in [0.2, 0.25) is 5.91 Å². The number of rotatable bonds is 7. The van der Waals surface area contributed by atoms with E-state index < -0.39 is 5.97 Å². The number of carboxylic acids is 1. The number of aliphatic carboxylic acids is 1. The van der Waals surface area contributed by atoms with Gasteiger partial charge in [-0.15, -0.1) is 6.58 Å². The molecule has 1 aromatic carbocycles. The van der Waals surface area contributed by atoms with Gasteiger partial charge < -0.3 is 10.0 Å². The van der Waals surface area contributed by atoms with Crippen molar-refractivity contribution in [1.29, 1.82) is 0 Å². The van der Waals surface area contributed by atoms with Crippen LogP contribution in [0.2, 0.25) is 0 Å². The molecule has 0 saturated heterocycles. The number of benzene rings is 1. The number of carbonyl (C=O) groups excluding carboxylic acids is 1. The molecule has 1 N–H and O–H groups in total.